The SMILES string of the molecule is C#CCCNc1ccc([N+](=O)[O-])cn1. The van der Waals surface area contributed by atoms with Crippen molar-refractivity contribution in [1.82, 2.24) is 4.98 Å². The van der Waals surface area contributed by atoms with Crippen LogP contribution in [0.3, 0.4) is 0 Å². The summed E-state index contributed by atoms with van der Waals surface area (Å²) in [6.07, 6.45) is 6.86. The predicted molar refractivity (Wildman–Crippen MR) is 52.8 cm³/mol. The van der Waals surface area contributed by atoms with Gasteiger partial charge < -0.3 is 5.32 Å². The molecule has 1 aromatic rings. The van der Waals surface area contributed by atoms with Crippen molar-refractivity contribution in [3.63, 3.8) is 0 Å². The largest absolute Gasteiger partial charge is 0.369 e. The van der Waals surface area contributed by atoms with Crippen LogP contribution in [0.1, 0.15) is 6.42 Å². The van der Waals surface area contributed by atoms with Gasteiger partial charge in [-0.25, -0.2) is 4.98 Å². The highest BCUT2D eigenvalue weighted by Crippen LogP contribution is 2.11. The summed E-state index contributed by atoms with van der Waals surface area (Å²) in [5.41, 5.74) is -0.0208. The number of aromatic nitrogens is 1. The fourth-order valence-electron chi connectivity index (χ4n) is 0.861. The Morgan fingerprint density at radius 1 is 1.64 bits per heavy atom. The predicted octanol–water partition coefficient (Wildman–Crippen LogP) is 1.42. The molecular formula is C9H9N3O2. The van der Waals surface area contributed by atoms with E-state index in [4.69, 9.17) is 6.42 Å². The van der Waals surface area contributed by atoms with Gasteiger partial charge in [-0.05, 0) is 6.07 Å². The van der Waals surface area contributed by atoms with Crippen LogP contribution in [0.5, 0.6) is 0 Å². The Labute approximate surface area is 81.3 Å². The summed E-state index contributed by atoms with van der Waals surface area (Å²) in [4.78, 5) is 13.7. The summed E-state index contributed by atoms with van der Waals surface area (Å²) < 4.78 is 0. The van der Waals surface area contributed by atoms with Crippen LogP contribution in [0, 0.1) is 22.5 Å². The van der Waals surface area contributed by atoms with Gasteiger partial charge in [0.1, 0.15) is 12.0 Å². The second-order valence-corrected chi connectivity index (χ2v) is 2.54. The zero-order valence-corrected chi connectivity index (χ0v) is 7.43. The Morgan fingerprint density at radius 3 is 2.93 bits per heavy atom. The second kappa shape index (κ2) is 4.82. The third kappa shape index (κ3) is 2.75. The monoisotopic (exact) mass is 191 g/mol. The maximum absolute atomic E-state index is 10.3. The van der Waals surface area contributed by atoms with Crippen LogP contribution in [0.4, 0.5) is 11.5 Å². The molecule has 0 spiro atoms. The first kappa shape index (κ1) is 9.99. The van der Waals surface area contributed by atoms with E-state index in [9.17, 15) is 10.1 Å². The maximum atomic E-state index is 10.3. The fraction of sp³-hybridized carbons (Fsp3) is 0.222. The minimum Gasteiger partial charge on any atom is -0.369 e. The van der Waals surface area contributed by atoms with Crippen molar-refractivity contribution in [3.8, 4) is 12.3 Å². The van der Waals surface area contributed by atoms with E-state index in [1.165, 1.54) is 12.3 Å². The van der Waals surface area contributed by atoms with Crippen molar-refractivity contribution in [2.45, 2.75) is 6.42 Å². The average Bonchev–Trinajstić information content (AvgIpc) is 2.19. The number of nitrogens with one attached hydrogen (secondary N) is 1. The van der Waals surface area contributed by atoms with E-state index in [-0.39, 0.29) is 5.69 Å². The standard InChI is InChI=1S/C9H9N3O2/c1-2-3-6-10-9-5-4-8(7-11-9)12(13)14/h1,4-5,7H,3,6H2,(H,10,11). The molecule has 5 heteroatoms. The highest BCUT2D eigenvalue weighted by Gasteiger charge is 2.03. The van der Waals surface area contributed by atoms with E-state index >= 15 is 0 Å². The van der Waals surface area contributed by atoms with Gasteiger partial charge in [-0.2, -0.15) is 0 Å². The van der Waals surface area contributed by atoms with Gasteiger partial charge in [0.05, 0.1) is 4.92 Å². The number of anilines is 1. The van der Waals surface area contributed by atoms with Crippen LogP contribution in [0.25, 0.3) is 0 Å². The van der Waals surface area contributed by atoms with Crippen molar-refractivity contribution in [2.24, 2.45) is 0 Å². The molecule has 0 amide bonds. The summed E-state index contributed by atoms with van der Waals surface area (Å²) in [7, 11) is 0. The molecule has 0 unspecified atom stereocenters. The van der Waals surface area contributed by atoms with Crippen molar-refractivity contribution in [1.29, 1.82) is 0 Å². The molecule has 0 saturated carbocycles. The molecule has 0 saturated heterocycles. The molecule has 0 radical (unpaired) electrons. The third-order valence-corrected chi connectivity index (χ3v) is 1.53. The number of pyridine rings is 1. The molecule has 72 valence electrons. The van der Waals surface area contributed by atoms with Gasteiger partial charge in [0, 0.05) is 19.0 Å². The number of rotatable bonds is 4. The third-order valence-electron chi connectivity index (χ3n) is 1.53. The maximum Gasteiger partial charge on any atom is 0.287 e. The molecule has 1 aromatic heterocycles. The Balaban J connectivity index is 2.56. The Bertz CT molecular complexity index is 353. The fourth-order valence-corrected chi connectivity index (χ4v) is 0.861. The van der Waals surface area contributed by atoms with Gasteiger partial charge in [0.2, 0.25) is 0 Å². The molecule has 0 aliphatic carbocycles. The summed E-state index contributed by atoms with van der Waals surface area (Å²) in [5, 5.41) is 13.2. The lowest BCUT2D eigenvalue weighted by molar-refractivity contribution is -0.385. The first-order chi connectivity index (χ1) is 6.74. The molecule has 1 heterocycles. The summed E-state index contributed by atoms with van der Waals surface area (Å²) in [6, 6.07) is 2.94. The van der Waals surface area contributed by atoms with Gasteiger partial charge in [-0.1, -0.05) is 0 Å². The number of hydrogen-bond donors (Lipinski definition) is 1. The zero-order chi connectivity index (χ0) is 10.4. The quantitative estimate of drug-likeness (QED) is 0.338. The van der Waals surface area contributed by atoms with E-state index < -0.39 is 4.92 Å². The average molecular weight is 191 g/mol. The highest BCUT2D eigenvalue weighted by molar-refractivity contribution is 5.40. The van der Waals surface area contributed by atoms with Crippen molar-refractivity contribution in [3.05, 3.63) is 28.4 Å². The molecule has 0 aliphatic rings. The van der Waals surface area contributed by atoms with Crippen LogP contribution in [0.15, 0.2) is 18.3 Å². The lowest BCUT2D eigenvalue weighted by Crippen LogP contribution is -2.02. The minimum atomic E-state index is -0.488. The van der Waals surface area contributed by atoms with E-state index in [1.807, 2.05) is 0 Å². The molecule has 1 rings (SSSR count). The van der Waals surface area contributed by atoms with E-state index in [1.54, 1.807) is 6.07 Å². The molecule has 0 aliphatic heterocycles. The smallest absolute Gasteiger partial charge is 0.287 e. The summed E-state index contributed by atoms with van der Waals surface area (Å²) in [6.45, 7) is 0.612. The van der Waals surface area contributed by atoms with Crippen LogP contribution < -0.4 is 5.32 Å². The minimum absolute atomic E-state index is 0.0208. The van der Waals surface area contributed by atoms with Crippen molar-refractivity contribution >= 4 is 11.5 Å². The second-order valence-electron chi connectivity index (χ2n) is 2.54. The highest BCUT2D eigenvalue weighted by atomic mass is 16.6. The van der Waals surface area contributed by atoms with Crippen LogP contribution >= 0.6 is 0 Å². The van der Waals surface area contributed by atoms with Gasteiger partial charge in [-0.3, -0.25) is 10.1 Å². The van der Waals surface area contributed by atoms with Gasteiger partial charge in [-0.15, -0.1) is 12.3 Å². The summed E-state index contributed by atoms with van der Waals surface area (Å²) in [5.74, 6) is 3.06. The van der Waals surface area contributed by atoms with Crippen molar-refractivity contribution in [2.75, 3.05) is 11.9 Å². The number of nitro groups is 1. The van der Waals surface area contributed by atoms with E-state index in [2.05, 4.69) is 16.2 Å². The molecule has 1 N–H and O–H groups in total. The molecule has 0 fully saturated rings. The van der Waals surface area contributed by atoms with Crippen LogP contribution in [0.2, 0.25) is 0 Å². The first-order valence-electron chi connectivity index (χ1n) is 4.02. The number of nitrogens with zero attached hydrogens (tertiary/aromatic N) is 2. The molecule has 0 atom stereocenters. The summed E-state index contributed by atoms with van der Waals surface area (Å²) >= 11 is 0. The lowest BCUT2D eigenvalue weighted by Gasteiger charge is -2.01. The normalized spacial score (nSPS) is 9.07. The first-order valence-corrected chi connectivity index (χ1v) is 4.02. The topological polar surface area (TPSA) is 68.1 Å². The Morgan fingerprint density at radius 2 is 2.43 bits per heavy atom. The number of hydrogen-bond acceptors (Lipinski definition) is 4. The Hall–Kier alpha value is -2.09. The zero-order valence-electron chi connectivity index (χ0n) is 7.43. The molecular weight excluding hydrogens is 182 g/mol. The Kier molecular flexibility index (Phi) is 3.44. The van der Waals surface area contributed by atoms with Gasteiger partial charge in [0.15, 0.2) is 0 Å². The van der Waals surface area contributed by atoms with E-state index in [0.29, 0.717) is 18.8 Å². The van der Waals surface area contributed by atoms with Gasteiger partial charge >= 0.3 is 0 Å². The van der Waals surface area contributed by atoms with Gasteiger partial charge in [0.25, 0.3) is 5.69 Å². The van der Waals surface area contributed by atoms with Crippen LogP contribution in [-0.2, 0) is 0 Å². The molecule has 0 bridgehead atoms. The number of terminal acetylenes is 1. The molecule has 14 heavy (non-hydrogen) atoms. The van der Waals surface area contributed by atoms with Crippen LogP contribution in [-0.4, -0.2) is 16.5 Å². The van der Waals surface area contributed by atoms with Crippen molar-refractivity contribution < 1.29 is 4.92 Å². The molecule has 5 nitrogen and oxygen atoms in total. The van der Waals surface area contributed by atoms with E-state index in [0.717, 1.165) is 0 Å². The lowest BCUT2D eigenvalue weighted by atomic mass is 10.4. The molecule has 0 aromatic carbocycles.